The molecule has 2 N–H and O–H groups in total. The first-order valence-electron chi connectivity index (χ1n) is 8.93. The Kier molecular flexibility index (Phi) is 5.26. The average molecular weight is 406 g/mol. The largest absolute Gasteiger partial charge is 0.484 e. The molecule has 0 aliphatic rings. The van der Waals surface area contributed by atoms with E-state index in [1.165, 1.54) is 11.3 Å². The number of ether oxygens (including phenoxy) is 1. The molecule has 4 aromatic rings. The van der Waals surface area contributed by atoms with E-state index in [0.717, 1.165) is 17.0 Å². The number of aromatic nitrogens is 2. The number of hydrogen-bond donors (Lipinski definition) is 2. The van der Waals surface area contributed by atoms with Crippen molar-refractivity contribution in [2.45, 2.75) is 6.92 Å². The Bertz CT molecular complexity index is 1150. The molecule has 2 aromatic carbocycles. The summed E-state index contributed by atoms with van der Waals surface area (Å²) in [5.41, 5.74) is 7.40. The predicted molar refractivity (Wildman–Crippen MR) is 111 cm³/mol. The number of nitrogens with zero attached hydrogens (tertiary/aromatic N) is 2. The molecule has 146 valence electrons. The van der Waals surface area contributed by atoms with E-state index < -0.39 is 11.8 Å². The Morgan fingerprint density at radius 3 is 2.41 bits per heavy atom. The minimum atomic E-state index is -0.451. The summed E-state index contributed by atoms with van der Waals surface area (Å²) in [7, 11) is 0. The Morgan fingerprint density at radius 1 is 1.03 bits per heavy atom. The van der Waals surface area contributed by atoms with Crippen LogP contribution in [0.3, 0.4) is 0 Å². The van der Waals surface area contributed by atoms with E-state index in [2.05, 4.69) is 15.8 Å². The average Bonchev–Trinajstić information content (AvgIpc) is 3.31. The molecule has 0 saturated carbocycles. The van der Waals surface area contributed by atoms with Crippen molar-refractivity contribution in [1.29, 1.82) is 0 Å². The fourth-order valence-electron chi connectivity index (χ4n) is 2.79. The number of hydrazine groups is 1. The lowest BCUT2D eigenvalue weighted by Gasteiger charge is -2.08. The first-order chi connectivity index (χ1) is 14.1. The summed E-state index contributed by atoms with van der Waals surface area (Å²) in [5, 5.41) is 0. The quantitative estimate of drug-likeness (QED) is 0.499. The van der Waals surface area contributed by atoms with Crippen LogP contribution in [0, 0.1) is 6.92 Å². The van der Waals surface area contributed by atoms with Crippen LogP contribution in [-0.4, -0.2) is 27.8 Å². The third kappa shape index (κ3) is 4.12. The summed E-state index contributed by atoms with van der Waals surface area (Å²) in [6.07, 6.45) is 1.90. The van der Waals surface area contributed by atoms with Crippen LogP contribution in [0.5, 0.6) is 5.75 Å². The van der Waals surface area contributed by atoms with Crippen molar-refractivity contribution >= 4 is 28.1 Å². The summed E-state index contributed by atoms with van der Waals surface area (Å²) in [5.74, 6) is -0.265. The normalized spacial score (nSPS) is 10.7. The molecule has 2 amide bonds. The molecule has 2 aromatic heterocycles. The molecule has 8 heteroatoms. The molecular formula is C21H18N4O3S. The van der Waals surface area contributed by atoms with E-state index in [0.29, 0.717) is 15.6 Å². The first kappa shape index (κ1) is 18.7. The Labute approximate surface area is 170 Å². The highest BCUT2D eigenvalue weighted by Gasteiger charge is 2.18. The number of fused-ring (bicyclic) bond motifs is 1. The maximum absolute atomic E-state index is 12.5. The van der Waals surface area contributed by atoms with Crippen LogP contribution in [0.1, 0.15) is 15.4 Å². The molecule has 0 saturated heterocycles. The Hall–Kier alpha value is -3.65. The van der Waals surface area contributed by atoms with E-state index in [1.807, 2.05) is 66.1 Å². The minimum Gasteiger partial charge on any atom is -0.484 e. The van der Waals surface area contributed by atoms with Crippen molar-refractivity contribution in [2.24, 2.45) is 0 Å². The van der Waals surface area contributed by atoms with Gasteiger partial charge in [0.25, 0.3) is 11.8 Å². The number of benzene rings is 2. The van der Waals surface area contributed by atoms with Gasteiger partial charge in [-0.25, -0.2) is 4.98 Å². The third-order valence-electron chi connectivity index (χ3n) is 4.26. The number of rotatable bonds is 5. The van der Waals surface area contributed by atoms with Crippen LogP contribution in [0.2, 0.25) is 0 Å². The van der Waals surface area contributed by atoms with Crippen LogP contribution in [-0.2, 0) is 4.79 Å². The summed E-state index contributed by atoms with van der Waals surface area (Å²) in [4.78, 5) is 30.2. The highest BCUT2D eigenvalue weighted by Crippen LogP contribution is 2.26. The van der Waals surface area contributed by atoms with Crippen molar-refractivity contribution in [1.82, 2.24) is 20.2 Å². The topological polar surface area (TPSA) is 84.7 Å². The third-order valence-corrected chi connectivity index (χ3v) is 5.42. The molecule has 0 atom stereocenters. The molecule has 0 unspecified atom stereocenters. The summed E-state index contributed by atoms with van der Waals surface area (Å²) >= 11 is 1.27. The molecule has 7 nitrogen and oxygen atoms in total. The number of aryl methyl sites for hydroxylation is 1. The number of imidazole rings is 1. The zero-order valence-corrected chi connectivity index (χ0v) is 16.4. The monoisotopic (exact) mass is 406 g/mol. The van der Waals surface area contributed by atoms with Gasteiger partial charge in [-0.2, -0.15) is 0 Å². The number of carbonyl (C=O) groups excluding carboxylic acids is 2. The standard InChI is InChI=1S/C21H18N4O3S/c1-14-19(20(27)24-23-18(26)13-28-16-10-6-3-7-11-16)29-21-22-17(12-25(14)21)15-8-4-2-5-9-15/h2-12H,13H2,1H3,(H,23,26)(H,24,27). The summed E-state index contributed by atoms with van der Waals surface area (Å²) in [6.45, 7) is 1.65. The van der Waals surface area contributed by atoms with Crippen LogP contribution in [0.4, 0.5) is 0 Å². The molecule has 0 bridgehead atoms. The summed E-state index contributed by atoms with van der Waals surface area (Å²) < 4.78 is 7.22. The van der Waals surface area contributed by atoms with Gasteiger partial charge in [0, 0.05) is 17.5 Å². The number of nitrogens with one attached hydrogen (secondary N) is 2. The van der Waals surface area contributed by atoms with Crippen LogP contribution in [0.25, 0.3) is 16.2 Å². The highest BCUT2D eigenvalue weighted by atomic mass is 32.1. The van der Waals surface area contributed by atoms with Crippen LogP contribution >= 0.6 is 11.3 Å². The van der Waals surface area contributed by atoms with E-state index in [4.69, 9.17) is 4.74 Å². The van der Waals surface area contributed by atoms with E-state index in [1.54, 1.807) is 12.1 Å². The molecule has 0 aliphatic carbocycles. The lowest BCUT2D eigenvalue weighted by atomic mass is 10.2. The van der Waals surface area contributed by atoms with Gasteiger partial charge in [0.1, 0.15) is 10.6 Å². The number of hydrogen-bond acceptors (Lipinski definition) is 5. The first-order valence-corrected chi connectivity index (χ1v) is 9.74. The molecule has 0 spiro atoms. The second-order valence-electron chi connectivity index (χ2n) is 6.27. The minimum absolute atomic E-state index is 0.197. The van der Waals surface area contributed by atoms with E-state index in [-0.39, 0.29) is 6.61 Å². The van der Waals surface area contributed by atoms with Crippen LogP contribution in [0.15, 0.2) is 66.9 Å². The number of carbonyl (C=O) groups is 2. The second-order valence-corrected chi connectivity index (χ2v) is 7.24. The lowest BCUT2D eigenvalue weighted by molar-refractivity contribution is -0.123. The van der Waals surface area contributed by atoms with Crippen molar-refractivity contribution in [3.05, 3.63) is 77.4 Å². The molecular weight excluding hydrogens is 388 g/mol. The van der Waals surface area contributed by atoms with Gasteiger partial charge in [0.15, 0.2) is 11.6 Å². The zero-order valence-electron chi connectivity index (χ0n) is 15.6. The van der Waals surface area contributed by atoms with Gasteiger partial charge in [-0.3, -0.25) is 24.8 Å². The van der Waals surface area contributed by atoms with Gasteiger partial charge < -0.3 is 4.74 Å². The second kappa shape index (κ2) is 8.15. The van der Waals surface area contributed by atoms with Gasteiger partial charge in [-0.15, -0.1) is 0 Å². The Morgan fingerprint density at radius 2 is 1.72 bits per heavy atom. The van der Waals surface area contributed by atoms with Crippen LogP contribution < -0.4 is 15.6 Å². The zero-order chi connectivity index (χ0) is 20.2. The Balaban J connectivity index is 1.39. The van der Waals surface area contributed by atoms with Gasteiger partial charge in [0.2, 0.25) is 0 Å². The molecule has 4 rings (SSSR count). The van der Waals surface area contributed by atoms with E-state index in [9.17, 15) is 9.59 Å². The lowest BCUT2D eigenvalue weighted by Crippen LogP contribution is -2.43. The fourth-order valence-corrected chi connectivity index (χ4v) is 3.80. The molecule has 2 heterocycles. The molecule has 29 heavy (non-hydrogen) atoms. The maximum atomic E-state index is 12.5. The van der Waals surface area contributed by atoms with Gasteiger partial charge in [-0.1, -0.05) is 59.9 Å². The predicted octanol–water partition coefficient (Wildman–Crippen LogP) is 3.21. The summed E-state index contributed by atoms with van der Waals surface area (Å²) in [6, 6.07) is 18.8. The van der Waals surface area contributed by atoms with Crippen molar-refractivity contribution < 1.29 is 14.3 Å². The van der Waals surface area contributed by atoms with Gasteiger partial charge >= 0.3 is 0 Å². The van der Waals surface area contributed by atoms with Crippen molar-refractivity contribution in [3.63, 3.8) is 0 Å². The van der Waals surface area contributed by atoms with Crippen molar-refractivity contribution in [3.8, 4) is 17.0 Å². The van der Waals surface area contributed by atoms with E-state index >= 15 is 0 Å². The molecule has 0 radical (unpaired) electrons. The highest BCUT2D eigenvalue weighted by molar-refractivity contribution is 7.19. The maximum Gasteiger partial charge on any atom is 0.281 e. The van der Waals surface area contributed by atoms with Gasteiger partial charge in [-0.05, 0) is 19.1 Å². The number of thiazole rings is 1. The van der Waals surface area contributed by atoms with Gasteiger partial charge in [0.05, 0.1) is 5.69 Å². The number of para-hydroxylation sites is 1. The molecule has 0 aliphatic heterocycles. The SMILES string of the molecule is Cc1c(C(=O)NNC(=O)COc2ccccc2)sc2nc(-c3ccccc3)cn12. The number of amides is 2. The molecule has 0 fully saturated rings. The smallest absolute Gasteiger partial charge is 0.281 e. The fraction of sp³-hybridized carbons (Fsp3) is 0.0952. The van der Waals surface area contributed by atoms with Crippen molar-refractivity contribution in [2.75, 3.05) is 6.61 Å².